The summed E-state index contributed by atoms with van der Waals surface area (Å²) in [6.07, 6.45) is 0. The van der Waals surface area contributed by atoms with E-state index in [0.717, 1.165) is 6.54 Å². The predicted molar refractivity (Wildman–Crippen MR) is 62.8 cm³/mol. The van der Waals surface area contributed by atoms with Crippen LogP contribution in [-0.4, -0.2) is 41.6 Å². The molecule has 0 bridgehead atoms. The van der Waals surface area contributed by atoms with Crippen LogP contribution in [0.5, 0.6) is 0 Å². The Morgan fingerprint density at radius 1 is 1.65 bits per heavy atom. The lowest BCUT2D eigenvalue weighted by Crippen LogP contribution is -2.57. The lowest BCUT2D eigenvalue weighted by molar-refractivity contribution is -0.119. The van der Waals surface area contributed by atoms with Gasteiger partial charge in [0, 0.05) is 25.7 Å². The highest BCUT2D eigenvalue weighted by Gasteiger charge is 2.28. The molecule has 2 rings (SSSR count). The van der Waals surface area contributed by atoms with Crippen molar-refractivity contribution in [3.63, 3.8) is 0 Å². The smallest absolute Gasteiger partial charge is 0.252 e. The minimum atomic E-state index is -0.461. The number of carbonyl (C=O) groups is 1. The zero-order chi connectivity index (χ0) is 12.4. The second-order valence-corrected chi connectivity index (χ2v) is 4.00. The van der Waals surface area contributed by atoms with Crippen LogP contribution in [0.1, 0.15) is 5.82 Å². The van der Waals surface area contributed by atoms with Gasteiger partial charge in [-0.3, -0.25) is 9.59 Å². The molecule has 1 amide bonds. The maximum absolute atomic E-state index is 11.4. The van der Waals surface area contributed by atoms with Crippen molar-refractivity contribution in [2.45, 2.75) is 13.0 Å². The molecule has 2 heterocycles. The number of nitrogens with two attached hydrogens (primary N) is 1. The number of aromatic nitrogens is 2. The van der Waals surface area contributed by atoms with Gasteiger partial charge in [0.15, 0.2) is 0 Å². The number of nitrogens with one attached hydrogen (secondary N) is 2. The molecule has 92 valence electrons. The SMILES string of the molecule is Cc1nc(N2CCNCC2C(N)=O)cc(=O)[nH]1. The predicted octanol–water partition coefficient (Wildman–Crippen LogP) is -1.66. The Morgan fingerprint density at radius 2 is 2.41 bits per heavy atom. The van der Waals surface area contributed by atoms with Crippen LogP contribution >= 0.6 is 0 Å². The molecule has 1 unspecified atom stereocenters. The van der Waals surface area contributed by atoms with Gasteiger partial charge in [0.1, 0.15) is 17.7 Å². The van der Waals surface area contributed by atoms with Gasteiger partial charge in [0.2, 0.25) is 5.91 Å². The van der Waals surface area contributed by atoms with Crippen molar-refractivity contribution in [1.29, 1.82) is 0 Å². The van der Waals surface area contributed by atoms with Crippen molar-refractivity contribution >= 4 is 11.7 Å². The number of carbonyl (C=O) groups excluding carboxylic acids is 1. The van der Waals surface area contributed by atoms with E-state index in [1.54, 1.807) is 11.8 Å². The summed E-state index contributed by atoms with van der Waals surface area (Å²) in [6, 6.07) is 0.922. The second kappa shape index (κ2) is 4.54. The molecule has 1 aromatic heterocycles. The number of primary amides is 1. The van der Waals surface area contributed by atoms with Gasteiger partial charge in [-0.15, -0.1) is 0 Å². The van der Waals surface area contributed by atoms with E-state index in [9.17, 15) is 9.59 Å². The van der Waals surface area contributed by atoms with E-state index < -0.39 is 11.9 Å². The van der Waals surface area contributed by atoms with Gasteiger partial charge < -0.3 is 20.9 Å². The number of aromatic amines is 1. The number of nitrogens with zero attached hydrogens (tertiary/aromatic N) is 2. The summed E-state index contributed by atoms with van der Waals surface area (Å²) >= 11 is 0. The molecule has 1 atom stereocenters. The van der Waals surface area contributed by atoms with Gasteiger partial charge in [-0.25, -0.2) is 4.98 Å². The summed E-state index contributed by atoms with van der Waals surface area (Å²) in [5.74, 6) is 0.600. The molecule has 0 aliphatic carbocycles. The third-order valence-electron chi connectivity index (χ3n) is 2.71. The fourth-order valence-corrected chi connectivity index (χ4v) is 1.94. The van der Waals surface area contributed by atoms with E-state index in [2.05, 4.69) is 15.3 Å². The van der Waals surface area contributed by atoms with Crippen LogP contribution in [0.2, 0.25) is 0 Å². The largest absolute Gasteiger partial charge is 0.368 e. The second-order valence-electron chi connectivity index (χ2n) is 4.00. The first kappa shape index (κ1) is 11.6. The number of aryl methyl sites for hydroxylation is 1. The van der Waals surface area contributed by atoms with Crippen LogP contribution in [-0.2, 0) is 4.79 Å². The Hall–Kier alpha value is -1.89. The standard InChI is InChI=1S/C10H15N5O2/c1-6-13-8(4-9(16)14-6)15-3-2-12-5-7(15)10(11)17/h4,7,12H,2-3,5H2,1H3,(H2,11,17)(H,13,14,16). The first-order valence-electron chi connectivity index (χ1n) is 5.42. The molecule has 4 N–H and O–H groups in total. The van der Waals surface area contributed by atoms with Crippen molar-refractivity contribution in [3.8, 4) is 0 Å². The molecular weight excluding hydrogens is 222 g/mol. The third-order valence-corrected chi connectivity index (χ3v) is 2.71. The molecular formula is C10H15N5O2. The van der Waals surface area contributed by atoms with Crippen LogP contribution in [0, 0.1) is 6.92 Å². The highest BCUT2D eigenvalue weighted by atomic mass is 16.1. The number of amides is 1. The first-order valence-corrected chi connectivity index (χ1v) is 5.42. The highest BCUT2D eigenvalue weighted by Crippen LogP contribution is 2.13. The first-order chi connectivity index (χ1) is 8.08. The maximum atomic E-state index is 11.4. The molecule has 0 spiro atoms. The van der Waals surface area contributed by atoms with Crippen LogP contribution in [0.4, 0.5) is 5.82 Å². The number of hydrogen-bond acceptors (Lipinski definition) is 5. The van der Waals surface area contributed by atoms with Crippen molar-refractivity contribution in [2.75, 3.05) is 24.5 Å². The zero-order valence-corrected chi connectivity index (χ0v) is 9.56. The van der Waals surface area contributed by atoms with Gasteiger partial charge in [-0.05, 0) is 6.92 Å². The van der Waals surface area contributed by atoms with E-state index in [-0.39, 0.29) is 5.56 Å². The van der Waals surface area contributed by atoms with E-state index in [1.807, 2.05) is 0 Å². The molecule has 0 saturated carbocycles. The molecule has 0 aromatic carbocycles. The number of H-pyrrole nitrogens is 1. The highest BCUT2D eigenvalue weighted by molar-refractivity contribution is 5.83. The van der Waals surface area contributed by atoms with Crippen LogP contribution in [0.3, 0.4) is 0 Å². The Bertz CT molecular complexity index is 484. The molecule has 1 saturated heterocycles. The molecule has 17 heavy (non-hydrogen) atoms. The fraction of sp³-hybridized carbons (Fsp3) is 0.500. The van der Waals surface area contributed by atoms with Crippen LogP contribution in [0.25, 0.3) is 0 Å². The summed E-state index contributed by atoms with van der Waals surface area (Å²) in [5.41, 5.74) is 5.11. The minimum Gasteiger partial charge on any atom is -0.368 e. The van der Waals surface area contributed by atoms with Crippen LogP contribution in [0.15, 0.2) is 10.9 Å². The van der Waals surface area contributed by atoms with E-state index in [1.165, 1.54) is 6.07 Å². The molecule has 1 fully saturated rings. The average molecular weight is 237 g/mol. The molecule has 7 heteroatoms. The van der Waals surface area contributed by atoms with Gasteiger partial charge in [-0.1, -0.05) is 0 Å². The number of anilines is 1. The fourth-order valence-electron chi connectivity index (χ4n) is 1.94. The van der Waals surface area contributed by atoms with Gasteiger partial charge in [0.25, 0.3) is 5.56 Å². The van der Waals surface area contributed by atoms with Crippen molar-refractivity contribution in [1.82, 2.24) is 15.3 Å². The summed E-state index contributed by atoms with van der Waals surface area (Å²) in [5, 5.41) is 3.09. The Kier molecular flexibility index (Phi) is 3.10. The Morgan fingerprint density at radius 3 is 3.06 bits per heavy atom. The van der Waals surface area contributed by atoms with Crippen LogP contribution < -0.4 is 21.5 Å². The zero-order valence-electron chi connectivity index (χ0n) is 9.56. The quantitative estimate of drug-likeness (QED) is 0.571. The van der Waals surface area contributed by atoms with Crippen molar-refractivity contribution < 1.29 is 4.79 Å². The van der Waals surface area contributed by atoms with Gasteiger partial charge >= 0.3 is 0 Å². The number of rotatable bonds is 2. The number of piperazine rings is 1. The average Bonchev–Trinajstić information content (AvgIpc) is 2.27. The van der Waals surface area contributed by atoms with E-state index in [0.29, 0.717) is 24.7 Å². The molecule has 1 aromatic rings. The summed E-state index contributed by atoms with van der Waals surface area (Å²) in [6.45, 7) is 3.51. The summed E-state index contributed by atoms with van der Waals surface area (Å²) in [4.78, 5) is 31.3. The van der Waals surface area contributed by atoms with Crippen molar-refractivity contribution in [2.24, 2.45) is 5.73 Å². The normalized spacial score (nSPS) is 20.3. The Labute approximate surface area is 98.0 Å². The topological polar surface area (TPSA) is 104 Å². The van der Waals surface area contributed by atoms with Gasteiger partial charge in [0.05, 0.1) is 0 Å². The van der Waals surface area contributed by atoms with Gasteiger partial charge in [-0.2, -0.15) is 0 Å². The summed E-state index contributed by atoms with van der Waals surface area (Å²) < 4.78 is 0. The maximum Gasteiger partial charge on any atom is 0.252 e. The monoisotopic (exact) mass is 237 g/mol. The lowest BCUT2D eigenvalue weighted by Gasteiger charge is -2.34. The lowest BCUT2D eigenvalue weighted by atomic mass is 10.2. The molecule has 7 nitrogen and oxygen atoms in total. The Balaban J connectivity index is 2.35. The van der Waals surface area contributed by atoms with Crippen molar-refractivity contribution in [3.05, 3.63) is 22.2 Å². The molecule has 1 aliphatic heterocycles. The van der Waals surface area contributed by atoms with E-state index >= 15 is 0 Å². The van der Waals surface area contributed by atoms with E-state index in [4.69, 9.17) is 5.73 Å². The molecule has 1 aliphatic rings. The minimum absolute atomic E-state index is 0.228. The summed E-state index contributed by atoms with van der Waals surface area (Å²) in [7, 11) is 0. The molecule has 0 radical (unpaired) electrons. The third kappa shape index (κ3) is 2.44. The number of hydrogen-bond donors (Lipinski definition) is 3.